The Morgan fingerprint density at radius 3 is 2.77 bits per heavy atom. The lowest BCUT2D eigenvalue weighted by Crippen LogP contribution is -2.19. The van der Waals surface area contributed by atoms with Crippen LogP contribution < -0.4 is 15.8 Å². The molecule has 1 rings (SSSR count). The lowest BCUT2D eigenvalue weighted by molar-refractivity contribution is 0.259. The van der Waals surface area contributed by atoms with Crippen molar-refractivity contribution in [2.24, 2.45) is 5.73 Å². The number of carbonyl (C=O) groups excluding carboxylic acids is 1. The van der Waals surface area contributed by atoms with Crippen LogP contribution in [0.4, 0.5) is 10.5 Å². The summed E-state index contributed by atoms with van der Waals surface area (Å²) >= 11 is 3.27. The third-order valence-electron chi connectivity index (χ3n) is 1.43. The molecule has 0 bridgehead atoms. The molecule has 0 aliphatic carbocycles. The van der Waals surface area contributed by atoms with Crippen molar-refractivity contribution in [1.82, 2.24) is 0 Å². The Hall–Kier alpha value is -1.23. The Morgan fingerprint density at radius 2 is 2.31 bits per heavy atom. The first-order valence-electron chi connectivity index (χ1n) is 3.53. The lowest BCUT2D eigenvalue weighted by atomic mass is 10.3. The van der Waals surface area contributed by atoms with Gasteiger partial charge in [0.25, 0.3) is 0 Å². The summed E-state index contributed by atoms with van der Waals surface area (Å²) in [6, 6.07) is 4.58. The maximum Gasteiger partial charge on any atom is 0.316 e. The Kier molecular flexibility index (Phi) is 3.13. The van der Waals surface area contributed by atoms with Crippen molar-refractivity contribution in [3.63, 3.8) is 0 Å². The average molecular weight is 245 g/mol. The van der Waals surface area contributed by atoms with Crippen LogP contribution in [0.3, 0.4) is 0 Å². The number of primary amides is 1. The zero-order chi connectivity index (χ0) is 9.84. The smallest absolute Gasteiger partial charge is 0.316 e. The number of hydrogen-bond acceptors (Lipinski definition) is 2. The zero-order valence-corrected chi connectivity index (χ0v) is 8.59. The van der Waals surface area contributed by atoms with Gasteiger partial charge in [0.05, 0.1) is 12.8 Å². The Bertz CT molecular complexity index is 328. The van der Waals surface area contributed by atoms with Gasteiger partial charge in [0.15, 0.2) is 0 Å². The van der Waals surface area contributed by atoms with Gasteiger partial charge in [-0.3, -0.25) is 0 Å². The number of urea groups is 1. The molecule has 3 N–H and O–H groups in total. The number of amides is 2. The molecular weight excluding hydrogens is 236 g/mol. The molecule has 5 heteroatoms. The summed E-state index contributed by atoms with van der Waals surface area (Å²) in [5.41, 5.74) is 5.58. The molecule has 0 radical (unpaired) electrons. The number of nitrogens with two attached hydrogens (primary N) is 1. The van der Waals surface area contributed by atoms with Crippen LogP contribution in [0.2, 0.25) is 0 Å². The molecule has 0 saturated heterocycles. The van der Waals surface area contributed by atoms with Gasteiger partial charge >= 0.3 is 6.03 Å². The van der Waals surface area contributed by atoms with E-state index >= 15 is 0 Å². The van der Waals surface area contributed by atoms with Crippen LogP contribution in [0.25, 0.3) is 0 Å². The average Bonchev–Trinajstić information content (AvgIpc) is 2.08. The largest absolute Gasteiger partial charge is 0.497 e. The highest BCUT2D eigenvalue weighted by Crippen LogP contribution is 2.26. The highest BCUT2D eigenvalue weighted by Gasteiger charge is 2.02. The number of hydrogen-bond donors (Lipinski definition) is 2. The third-order valence-corrected chi connectivity index (χ3v) is 2.09. The van der Waals surface area contributed by atoms with Crippen molar-refractivity contribution in [3.8, 4) is 5.75 Å². The number of carbonyl (C=O) groups is 1. The fourth-order valence-corrected chi connectivity index (χ4v) is 1.31. The summed E-state index contributed by atoms with van der Waals surface area (Å²) < 4.78 is 5.71. The molecule has 2 amide bonds. The monoisotopic (exact) mass is 244 g/mol. The minimum absolute atomic E-state index is 0.592. The third kappa shape index (κ3) is 2.62. The van der Waals surface area contributed by atoms with Crippen LogP contribution >= 0.6 is 15.9 Å². The first kappa shape index (κ1) is 9.85. The van der Waals surface area contributed by atoms with Crippen LogP contribution in [0.1, 0.15) is 0 Å². The molecule has 0 unspecified atom stereocenters. The number of methoxy groups -OCH3 is 1. The molecule has 0 spiro atoms. The second kappa shape index (κ2) is 4.13. The minimum atomic E-state index is -0.592. The first-order valence-corrected chi connectivity index (χ1v) is 4.33. The molecule has 4 nitrogen and oxygen atoms in total. The van der Waals surface area contributed by atoms with E-state index < -0.39 is 6.03 Å². The SMILES string of the molecule is COc1ccc(NC(N)=O)c(Br)c1. The van der Waals surface area contributed by atoms with Gasteiger partial charge in [-0.05, 0) is 34.1 Å². The topological polar surface area (TPSA) is 64.3 Å². The van der Waals surface area contributed by atoms with Gasteiger partial charge in [0.1, 0.15) is 5.75 Å². The molecule has 0 aliphatic heterocycles. The van der Waals surface area contributed by atoms with Gasteiger partial charge in [-0.2, -0.15) is 0 Å². The highest BCUT2D eigenvalue weighted by atomic mass is 79.9. The number of benzene rings is 1. The summed E-state index contributed by atoms with van der Waals surface area (Å²) in [4.78, 5) is 10.5. The van der Waals surface area contributed by atoms with Crippen molar-refractivity contribution in [1.29, 1.82) is 0 Å². The standard InChI is InChI=1S/C8H9BrN2O2/c1-13-5-2-3-7(6(9)4-5)11-8(10)12/h2-4H,1H3,(H3,10,11,12). The molecular formula is C8H9BrN2O2. The van der Waals surface area contributed by atoms with Crippen molar-refractivity contribution in [3.05, 3.63) is 22.7 Å². The van der Waals surface area contributed by atoms with E-state index in [4.69, 9.17) is 10.5 Å². The van der Waals surface area contributed by atoms with Crippen LogP contribution in [0.5, 0.6) is 5.75 Å². The predicted octanol–water partition coefficient (Wildman–Crippen LogP) is 1.95. The molecule has 0 atom stereocenters. The molecule has 0 aromatic heterocycles. The Balaban J connectivity index is 2.91. The summed E-state index contributed by atoms with van der Waals surface area (Å²) in [5.74, 6) is 0.710. The van der Waals surface area contributed by atoms with Gasteiger partial charge < -0.3 is 15.8 Å². The number of anilines is 1. The van der Waals surface area contributed by atoms with Gasteiger partial charge in [-0.25, -0.2) is 4.79 Å². The van der Waals surface area contributed by atoms with Gasteiger partial charge in [-0.1, -0.05) is 0 Å². The number of nitrogens with one attached hydrogen (secondary N) is 1. The molecule has 0 heterocycles. The quantitative estimate of drug-likeness (QED) is 0.836. The van der Waals surface area contributed by atoms with Crippen molar-refractivity contribution < 1.29 is 9.53 Å². The molecule has 1 aromatic carbocycles. The molecule has 0 fully saturated rings. The van der Waals surface area contributed by atoms with E-state index in [-0.39, 0.29) is 0 Å². The number of rotatable bonds is 2. The summed E-state index contributed by atoms with van der Waals surface area (Å²) in [5, 5.41) is 2.46. The first-order chi connectivity index (χ1) is 6.13. The fourth-order valence-electron chi connectivity index (χ4n) is 0.857. The molecule has 13 heavy (non-hydrogen) atoms. The van der Waals surface area contributed by atoms with Crippen molar-refractivity contribution in [2.75, 3.05) is 12.4 Å². The molecule has 70 valence electrons. The van der Waals surface area contributed by atoms with E-state index in [0.29, 0.717) is 11.4 Å². The van der Waals surface area contributed by atoms with Crippen molar-refractivity contribution >= 4 is 27.6 Å². The normalized spacial score (nSPS) is 9.38. The molecule has 1 aromatic rings. The van der Waals surface area contributed by atoms with E-state index in [1.165, 1.54) is 0 Å². The van der Waals surface area contributed by atoms with Crippen LogP contribution in [-0.4, -0.2) is 13.1 Å². The fraction of sp³-hybridized carbons (Fsp3) is 0.125. The molecule has 0 saturated carbocycles. The van der Waals surface area contributed by atoms with Crippen LogP contribution in [0.15, 0.2) is 22.7 Å². The van der Waals surface area contributed by atoms with Gasteiger partial charge in [-0.15, -0.1) is 0 Å². The second-order valence-corrected chi connectivity index (χ2v) is 3.19. The number of halogens is 1. The maximum absolute atomic E-state index is 10.5. The van der Waals surface area contributed by atoms with Crippen molar-refractivity contribution in [2.45, 2.75) is 0 Å². The summed E-state index contributed by atoms with van der Waals surface area (Å²) in [7, 11) is 1.57. The summed E-state index contributed by atoms with van der Waals surface area (Å²) in [6.45, 7) is 0. The van der Waals surface area contributed by atoms with E-state index in [1.807, 2.05) is 0 Å². The van der Waals surface area contributed by atoms with E-state index in [1.54, 1.807) is 25.3 Å². The zero-order valence-electron chi connectivity index (χ0n) is 7.00. The summed E-state index contributed by atoms with van der Waals surface area (Å²) in [6.07, 6.45) is 0. The predicted molar refractivity (Wildman–Crippen MR) is 53.9 cm³/mol. The second-order valence-electron chi connectivity index (χ2n) is 2.34. The maximum atomic E-state index is 10.5. The Labute approximate surface area is 84.2 Å². The van der Waals surface area contributed by atoms with Crippen LogP contribution in [-0.2, 0) is 0 Å². The van der Waals surface area contributed by atoms with Gasteiger partial charge in [0, 0.05) is 4.47 Å². The molecule has 0 aliphatic rings. The van der Waals surface area contributed by atoms with Crippen LogP contribution in [0, 0.1) is 0 Å². The Morgan fingerprint density at radius 1 is 1.62 bits per heavy atom. The number of ether oxygens (including phenoxy) is 1. The van der Waals surface area contributed by atoms with E-state index in [9.17, 15) is 4.79 Å². The minimum Gasteiger partial charge on any atom is -0.497 e. The van der Waals surface area contributed by atoms with Gasteiger partial charge in [0.2, 0.25) is 0 Å². The van der Waals surface area contributed by atoms with E-state index in [2.05, 4.69) is 21.2 Å². The lowest BCUT2D eigenvalue weighted by Gasteiger charge is -2.06. The van der Waals surface area contributed by atoms with E-state index in [0.717, 1.165) is 4.47 Å². The highest BCUT2D eigenvalue weighted by molar-refractivity contribution is 9.10.